The van der Waals surface area contributed by atoms with Crippen molar-refractivity contribution in [3.8, 4) is 0 Å². The third kappa shape index (κ3) is 3.99. The van der Waals surface area contributed by atoms with Crippen molar-refractivity contribution >= 4 is 17.4 Å². The van der Waals surface area contributed by atoms with Crippen molar-refractivity contribution in [2.45, 2.75) is 51.9 Å². The maximum atomic E-state index is 13.4. The lowest BCUT2D eigenvalue weighted by atomic mass is 9.94. The molecule has 4 heterocycles. The molecule has 1 N–H and O–H groups in total. The number of furan rings is 1. The second-order valence-corrected chi connectivity index (χ2v) is 8.79. The van der Waals surface area contributed by atoms with Crippen molar-refractivity contribution in [3.63, 3.8) is 0 Å². The van der Waals surface area contributed by atoms with Gasteiger partial charge in [0, 0.05) is 48.1 Å². The molecule has 1 fully saturated rings. The van der Waals surface area contributed by atoms with Gasteiger partial charge in [0.1, 0.15) is 23.2 Å². The van der Waals surface area contributed by atoms with Gasteiger partial charge in [-0.25, -0.2) is 9.37 Å². The Bertz CT molecular complexity index is 1160. The Labute approximate surface area is 186 Å². The molecule has 0 bridgehead atoms. The Hall–Kier alpha value is -3.22. The molecule has 0 aromatic carbocycles. The molecule has 1 saturated heterocycles. The number of fused-ring (bicyclic) bond motifs is 1. The van der Waals surface area contributed by atoms with Gasteiger partial charge in [0.05, 0.1) is 11.8 Å². The van der Waals surface area contributed by atoms with Crippen LogP contribution in [0.4, 0.5) is 15.9 Å². The van der Waals surface area contributed by atoms with Crippen molar-refractivity contribution < 1.29 is 13.6 Å². The van der Waals surface area contributed by atoms with E-state index < -0.39 is 0 Å². The number of carbonyl (C=O) groups is 1. The SMILES string of the molecule is Cc1cc(Nc2ccc(F)cn2)cc(C2CCN(C(=O)c3c(C)oc4c3CCCC4)C2)n1. The predicted octanol–water partition coefficient (Wildman–Crippen LogP) is 5.08. The number of halogens is 1. The van der Waals surface area contributed by atoms with Gasteiger partial charge in [0.2, 0.25) is 0 Å². The summed E-state index contributed by atoms with van der Waals surface area (Å²) in [6, 6.07) is 6.92. The Morgan fingerprint density at radius 1 is 1.22 bits per heavy atom. The molecule has 1 unspecified atom stereocenters. The van der Waals surface area contributed by atoms with Crippen LogP contribution in [0, 0.1) is 19.7 Å². The topological polar surface area (TPSA) is 71.3 Å². The molecule has 3 aromatic rings. The Kier molecular flexibility index (Phi) is 5.41. The van der Waals surface area contributed by atoms with E-state index in [2.05, 4.69) is 10.3 Å². The average molecular weight is 435 g/mol. The quantitative estimate of drug-likeness (QED) is 0.620. The lowest BCUT2D eigenvalue weighted by Crippen LogP contribution is -2.29. The fraction of sp³-hybridized carbons (Fsp3) is 0.400. The average Bonchev–Trinajstić information content (AvgIpc) is 3.39. The highest BCUT2D eigenvalue weighted by Gasteiger charge is 2.33. The highest BCUT2D eigenvalue weighted by atomic mass is 19.1. The van der Waals surface area contributed by atoms with Crippen molar-refractivity contribution in [1.82, 2.24) is 14.9 Å². The molecule has 0 saturated carbocycles. The van der Waals surface area contributed by atoms with Gasteiger partial charge >= 0.3 is 0 Å². The largest absolute Gasteiger partial charge is 0.465 e. The first-order chi connectivity index (χ1) is 15.5. The van der Waals surface area contributed by atoms with E-state index in [0.29, 0.717) is 18.9 Å². The second kappa shape index (κ2) is 8.37. The predicted molar refractivity (Wildman–Crippen MR) is 120 cm³/mol. The van der Waals surface area contributed by atoms with E-state index in [4.69, 9.17) is 9.40 Å². The summed E-state index contributed by atoms with van der Waals surface area (Å²) in [6.07, 6.45) is 6.15. The number of anilines is 2. The minimum atomic E-state index is -0.369. The molecular weight excluding hydrogens is 407 g/mol. The van der Waals surface area contributed by atoms with Gasteiger partial charge in [-0.2, -0.15) is 0 Å². The van der Waals surface area contributed by atoms with Gasteiger partial charge in [0.15, 0.2) is 0 Å². The number of carbonyl (C=O) groups excluding carboxylic acids is 1. The van der Waals surface area contributed by atoms with E-state index in [1.165, 1.54) is 12.3 Å². The summed E-state index contributed by atoms with van der Waals surface area (Å²) in [5.41, 5.74) is 4.60. The summed E-state index contributed by atoms with van der Waals surface area (Å²) in [5, 5.41) is 3.22. The van der Waals surface area contributed by atoms with E-state index in [1.54, 1.807) is 6.07 Å². The molecular formula is C25H27FN4O2. The standard InChI is InChI=1S/C25H27FN4O2/c1-15-11-19(29-23-8-7-18(26)13-27-23)12-21(28-15)17-9-10-30(14-17)25(31)24-16(2)32-22-6-4-3-5-20(22)24/h7-8,11-13,17H,3-6,9-10,14H2,1-2H3,(H,27,28,29). The van der Waals surface area contributed by atoms with Crippen LogP contribution in [0.15, 0.2) is 34.9 Å². The van der Waals surface area contributed by atoms with Crippen LogP contribution in [0.1, 0.15) is 64.0 Å². The number of pyridine rings is 2. The van der Waals surface area contributed by atoms with Gasteiger partial charge in [-0.15, -0.1) is 0 Å². The molecule has 0 spiro atoms. The zero-order valence-corrected chi connectivity index (χ0v) is 18.4. The number of aromatic nitrogens is 2. The molecule has 2 aliphatic rings. The maximum absolute atomic E-state index is 13.4. The van der Waals surface area contributed by atoms with Crippen LogP contribution in [0.25, 0.3) is 0 Å². The fourth-order valence-electron chi connectivity index (χ4n) is 4.90. The van der Waals surface area contributed by atoms with Gasteiger partial charge in [-0.3, -0.25) is 9.78 Å². The van der Waals surface area contributed by atoms with E-state index in [0.717, 1.165) is 71.8 Å². The number of rotatable bonds is 4. The second-order valence-electron chi connectivity index (χ2n) is 8.79. The minimum Gasteiger partial charge on any atom is -0.465 e. The number of aryl methyl sites for hydroxylation is 3. The fourth-order valence-corrected chi connectivity index (χ4v) is 4.90. The molecule has 7 heteroatoms. The minimum absolute atomic E-state index is 0.0819. The number of likely N-dealkylation sites (tertiary alicyclic amines) is 1. The molecule has 0 radical (unpaired) electrons. The zero-order valence-electron chi connectivity index (χ0n) is 18.4. The number of amides is 1. The van der Waals surface area contributed by atoms with Crippen LogP contribution in [0.3, 0.4) is 0 Å². The number of hydrogen-bond acceptors (Lipinski definition) is 5. The normalized spacial score (nSPS) is 18.0. The first-order valence-electron chi connectivity index (χ1n) is 11.3. The summed E-state index contributed by atoms with van der Waals surface area (Å²) in [4.78, 5) is 24.1. The number of hydrogen-bond donors (Lipinski definition) is 1. The van der Waals surface area contributed by atoms with Gasteiger partial charge in [-0.1, -0.05) is 0 Å². The summed E-state index contributed by atoms with van der Waals surface area (Å²) >= 11 is 0. The smallest absolute Gasteiger partial charge is 0.257 e. The monoisotopic (exact) mass is 434 g/mol. The molecule has 166 valence electrons. The molecule has 6 nitrogen and oxygen atoms in total. The first kappa shape index (κ1) is 20.7. The van der Waals surface area contributed by atoms with E-state index in [9.17, 15) is 9.18 Å². The molecule has 32 heavy (non-hydrogen) atoms. The summed E-state index contributed by atoms with van der Waals surface area (Å²) in [5.74, 6) is 2.20. The number of nitrogens with zero attached hydrogens (tertiary/aromatic N) is 3. The van der Waals surface area contributed by atoms with Gasteiger partial charge in [-0.05, 0) is 63.8 Å². The summed E-state index contributed by atoms with van der Waals surface area (Å²) in [6.45, 7) is 5.21. The van der Waals surface area contributed by atoms with Crippen LogP contribution < -0.4 is 5.32 Å². The highest BCUT2D eigenvalue weighted by Crippen LogP contribution is 2.34. The zero-order chi connectivity index (χ0) is 22.2. The Morgan fingerprint density at radius 2 is 2.06 bits per heavy atom. The van der Waals surface area contributed by atoms with Crippen LogP contribution in [0.5, 0.6) is 0 Å². The molecule has 1 atom stereocenters. The molecule has 3 aromatic heterocycles. The van der Waals surface area contributed by atoms with Crippen molar-refractivity contribution in [2.75, 3.05) is 18.4 Å². The van der Waals surface area contributed by atoms with Crippen LogP contribution in [-0.2, 0) is 12.8 Å². The Balaban J connectivity index is 1.33. The summed E-state index contributed by atoms with van der Waals surface area (Å²) < 4.78 is 19.1. The lowest BCUT2D eigenvalue weighted by molar-refractivity contribution is 0.0788. The number of nitrogens with one attached hydrogen (secondary N) is 1. The molecule has 5 rings (SSSR count). The maximum Gasteiger partial charge on any atom is 0.257 e. The van der Waals surface area contributed by atoms with Crippen LogP contribution in [0.2, 0.25) is 0 Å². The van der Waals surface area contributed by atoms with Crippen molar-refractivity contribution in [1.29, 1.82) is 0 Å². The van der Waals surface area contributed by atoms with Crippen LogP contribution in [-0.4, -0.2) is 33.9 Å². The summed E-state index contributed by atoms with van der Waals surface area (Å²) in [7, 11) is 0. The van der Waals surface area contributed by atoms with Gasteiger partial charge in [0.25, 0.3) is 5.91 Å². The lowest BCUT2D eigenvalue weighted by Gasteiger charge is -2.18. The van der Waals surface area contributed by atoms with Crippen molar-refractivity contribution in [2.24, 2.45) is 0 Å². The van der Waals surface area contributed by atoms with E-state index >= 15 is 0 Å². The molecule has 1 aliphatic carbocycles. The van der Waals surface area contributed by atoms with Gasteiger partial charge < -0.3 is 14.6 Å². The van der Waals surface area contributed by atoms with E-state index in [1.807, 2.05) is 30.9 Å². The third-order valence-corrected chi connectivity index (χ3v) is 6.43. The first-order valence-corrected chi connectivity index (χ1v) is 11.3. The van der Waals surface area contributed by atoms with E-state index in [-0.39, 0.29) is 17.6 Å². The molecule has 1 aliphatic heterocycles. The highest BCUT2D eigenvalue weighted by molar-refractivity contribution is 5.97. The van der Waals surface area contributed by atoms with Crippen molar-refractivity contribution in [3.05, 3.63) is 70.3 Å². The molecule has 1 amide bonds. The third-order valence-electron chi connectivity index (χ3n) is 6.43. The van der Waals surface area contributed by atoms with Crippen LogP contribution >= 0.6 is 0 Å². The Morgan fingerprint density at radius 3 is 2.88 bits per heavy atom.